The number of benzene rings is 2. The van der Waals surface area contributed by atoms with Gasteiger partial charge in [-0.05, 0) is 55.3 Å². The van der Waals surface area contributed by atoms with Crippen molar-refractivity contribution in [2.45, 2.75) is 19.4 Å². The molecule has 34 heavy (non-hydrogen) atoms. The molecule has 2 aromatic carbocycles. The number of ether oxygens (including phenoxy) is 1. The fourth-order valence-corrected chi connectivity index (χ4v) is 5.59. The Labute approximate surface area is 198 Å². The zero-order valence-electron chi connectivity index (χ0n) is 18.9. The molecule has 1 aromatic heterocycles. The predicted octanol–water partition coefficient (Wildman–Crippen LogP) is 3.07. The second kappa shape index (κ2) is 9.53. The number of sulfone groups is 1. The summed E-state index contributed by atoms with van der Waals surface area (Å²) in [5.74, 6) is 0.0347. The van der Waals surface area contributed by atoms with Crippen molar-refractivity contribution in [3.63, 3.8) is 0 Å². The Bertz CT molecular complexity index is 1400. The summed E-state index contributed by atoms with van der Waals surface area (Å²) < 4.78 is 30.4. The van der Waals surface area contributed by atoms with Crippen LogP contribution in [0.4, 0.5) is 0 Å². The third kappa shape index (κ3) is 5.02. The maximum Gasteiger partial charge on any atom is 0.262 e. The van der Waals surface area contributed by atoms with E-state index in [2.05, 4.69) is 5.32 Å². The minimum atomic E-state index is -3.15. The average molecular weight is 477 g/mol. The highest BCUT2D eigenvalue weighted by Gasteiger charge is 2.29. The lowest BCUT2D eigenvalue weighted by atomic mass is 10.0. The Kier molecular flexibility index (Phi) is 6.52. The molecular weight excluding hydrogens is 452 g/mol. The third-order valence-electron chi connectivity index (χ3n) is 5.68. The Morgan fingerprint density at radius 1 is 1.26 bits per heavy atom. The van der Waals surface area contributed by atoms with Gasteiger partial charge in [-0.15, -0.1) is 0 Å². The van der Waals surface area contributed by atoms with Crippen LogP contribution in [0.3, 0.4) is 0 Å². The van der Waals surface area contributed by atoms with E-state index in [1.165, 1.54) is 6.08 Å². The van der Waals surface area contributed by atoms with Gasteiger partial charge in [-0.25, -0.2) is 13.1 Å². The number of nitrogens with zero attached hydrogens (tertiary/aromatic N) is 3. The number of hydrogen-bond donors (Lipinski definition) is 1. The van der Waals surface area contributed by atoms with Crippen molar-refractivity contribution in [3.8, 4) is 28.8 Å². The van der Waals surface area contributed by atoms with Crippen molar-refractivity contribution >= 4 is 21.8 Å². The number of para-hydroxylation sites is 1. The first-order chi connectivity index (χ1) is 16.3. The maximum absolute atomic E-state index is 12.8. The van der Waals surface area contributed by atoms with Crippen LogP contribution >= 0.6 is 0 Å². The number of carbonyl (C=O) groups excluding carboxylic acids is 1. The molecular formula is C25H24N4O4S. The van der Waals surface area contributed by atoms with E-state index >= 15 is 0 Å². The summed E-state index contributed by atoms with van der Waals surface area (Å²) in [6.45, 7) is 1.94. The highest BCUT2D eigenvalue weighted by molar-refractivity contribution is 7.91. The summed E-state index contributed by atoms with van der Waals surface area (Å²) in [5, 5.41) is 17.1. The van der Waals surface area contributed by atoms with Gasteiger partial charge < -0.3 is 10.1 Å². The molecule has 1 aliphatic rings. The number of nitriles is 1. The summed E-state index contributed by atoms with van der Waals surface area (Å²) in [5.41, 5.74) is 3.65. The number of methoxy groups -OCH3 is 1. The van der Waals surface area contributed by atoms with Gasteiger partial charge in [-0.2, -0.15) is 10.4 Å². The van der Waals surface area contributed by atoms with Crippen LogP contribution in [0.2, 0.25) is 0 Å². The lowest BCUT2D eigenvalue weighted by molar-refractivity contribution is -0.117. The number of hydrogen-bond acceptors (Lipinski definition) is 6. The van der Waals surface area contributed by atoms with Crippen LogP contribution in [0, 0.1) is 18.3 Å². The molecule has 3 aromatic rings. The fourth-order valence-electron chi connectivity index (χ4n) is 3.92. The normalized spacial score (nSPS) is 17.2. The molecule has 0 saturated carbocycles. The molecule has 0 spiro atoms. The molecule has 8 nitrogen and oxygen atoms in total. The fraction of sp³-hybridized carbons (Fsp3) is 0.240. The van der Waals surface area contributed by atoms with E-state index < -0.39 is 21.8 Å². The van der Waals surface area contributed by atoms with E-state index in [9.17, 15) is 18.5 Å². The molecule has 1 fully saturated rings. The summed E-state index contributed by atoms with van der Waals surface area (Å²) in [6.07, 6.45) is 3.60. The first kappa shape index (κ1) is 23.3. The molecule has 1 saturated heterocycles. The van der Waals surface area contributed by atoms with Crippen LogP contribution in [0.15, 0.2) is 60.3 Å². The van der Waals surface area contributed by atoms with Crippen LogP contribution in [-0.4, -0.2) is 48.8 Å². The molecule has 9 heteroatoms. The molecule has 0 aliphatic carbocycles. The minimum absolute atomic E-state index is 0.0360. The highest BCUT2D eigenvalue weighted by Crippen LogP contribution is 2.30. The van der Waals surface area contributed by atoms with Crippen molar-refractivity contribution in [1.29, 1.82) is 5.26 Å². The lowest BCUT2D eigenvalue weighted by Gasteiger charge is -2.10. The van der Waals surface area contributed by atoms with E-state index in [1.807, 2.05) is 61.5 Å². The first-order valence-electron chi connectivity index (χ1n) is 10.7. The molecule has 0 radical (unpaired) electrons. The topological polar surface area (TPSA) is 114 Å². The zero-order chi connectivity index (χ0) is 24.3. The summed E-state index contributed by atoms with van der Waals surface area (Å²) >= 11 is 0. The predicted molar refractivity (Wildman–Crippen MR) is 129 cm³/mol. The van der Waals surface area contributed by atoms with Crippen molar-refractivity contribution in [1.82, 2.24) is 15.1 Å². The van der Waals surface area contributed by atoms with E-state index in [-0.39, 0.29) is 17.1 Å². The highest BCUT2D eigenvalue weighted by atomic mass is 32.2. The number of rotatable bonds is 6. The zero-order valence-corrected chi connectivity index (χ0v) is 19.7. The van der Waals surface area contributed by atoms with E-state index in [1.54, 1.807) is 18.0 Å². The van der Waals surface area contributed by atoms with Gasteiger partial charge >= 0.3 is 0 Å². The number of aromatic nitrogens is 2. The first-order valence-corrected chi connectivity index (χ1v) is 12.5. The van der Waals surface area contributed by atoms with Crippen LogP contribution in [0.25, 0.3) is 23.0 Å². The van der Waals surface area contributed by atoms with Crippen molar-refractivity contribution in [2.75, 3.05) is 18.6 Å². The van der Waals surface area contributed by atoms with Gasteiger partial charge in [-0.3, -0.25) is 4.79 Å². The average Bonchev–Trinajstić information content (AvgIpc) is 3.40. The van der Waals surface area contributed by atoms with Crippen molar-refractivity contribution < 1.29 is 17.9 Å². The van der Waals surface area contributed by atoms with Crippen LogP contribution in [0.1, 0.15) is 17.5 Å². The molecule has 0 unspecified atom stereocenters. The second-order valence-corrected chi connectivity index (χ2v) is 10.4. The molecule has 0 bridgehead atoms. The van der Waals surface area contributed by atoms with Crippen LogP contribution in [-0.2, 0) is 14.6 Å². The summed E-state index contributed by atoms with van der Waals surface area (Å²) in [6, 6.07) is 16.6. The van der Waals surface area contributed by atoms with E-state index in [0.717, 1.165) is 16.8 Å². The number of carbonyl (C=O) groups is 1. The molecule has 1 amide bonds. The van der Waals surface area contributed by atoms with Gasteiger partial charge in [0, 0.05) is 23.4 Å². The Morgan fingerprint density at radius 2 is 2.03 bits per heavy atom. The molecule has 1 N–H and O–H groups in total. The van der Waals surface area contributed by atoms with Gasteiger partial charge in [-0.1, -0.05) is 18.2 Å². The third-order valence-corrected chi connectivity index (χ3v) is 7.45. The van der Waals surface area contributed by atoms with Crippen LogP contribution in [0.5, 0.6) is 5.75 Å². The Hall–Kier alpha value is -3.90. The van der Waals surface area contributed by atoms with Gasteiger partial charge in [0.25, 0.3) is 5.91 Å². The van der Waals surface area contributed by atoms with Gasteiger partial charge in [0.2, 0.25) is 0 Å². The smallest absolute Gasteiger partial charge is 0.262 e. The van der Waals surface area contributed by atoms with Gasteiger partial charge in [0.1, 0.15) is 23.1 Å². The summed E-state index contributed by atoms with van der Waals surface area (Å²) in [7, 11) is -1.56. The number of nitrogens with one attached hydrogen (secondary N) is 1. The molecule has 174 valence electrons. The quantitative estimate of drug-likeness (QED) is 0.432. The summed E-state index contributed by atoms with van der Waals surface area (Å²) in [4.78, 5) is 12.8. The van der Waals surface area contributed by atoms with Gasteiger partial charge in [0.15, 0.2) is 9.84 Å². The standard InChI is InChI=1S/C25H24N4O4S/c1-17-12-22(33-2)8-9-23(17)24-19(15-29(28-24)21-6-4-3-5-7-21)13-18(14-26)25(30)27-20-10-11-34(31,32)16-20/h3-9,12-13,15,20H,10-11,16H2,1-2H3,(H,27,30)/b18-13-/t20-/m0/s1. The van der Waals surface area contributed by atoms with Crippen LogP contribution < -0.4 is 10.1 Å². The van der Waals surface area contributed by atoms with Crippen molar-refractivity contribution in [3.05, 3.63) is 71.4 Å². The van der Waals surface area contributed by atoms with Gasteiger partial charge in [0.05, 0.1) is 24.3 Å². The monoisotopic (exact) mass is 476 g/mol. The maximum atomic E-state index is 12.8. The molecule has 1 aliphatic heterocycles. The largest absolute Gasteiger partial charge is 0.497 e. The SMILES string of the molecule is COc1ccc(-c2nn(-c3ccccc3)cc2/C=C(/C#N)C(=O)N[C@H]2CCS(=O)(=O)C2)c(C)c1. The number of aryl methyl sites for hydroxylation is 1. The molecule has 1 atom stereocenters. The Morgan fingerprint density at radius 3 is 2.65 bits per heavy atom. The van der Waals surface area contributed by atoms with E-state index in [0.29, 0.717) is 23.4 Å². The lowest BCUT2D eigenvalue weighted by Crippen LogP contribution is -2.36. The molecule has 4 rings (SSSR count). The second-order valence-electron chi connectivity index (χ2n) is 8.14. The Balaban J connectivity index is 1.74. The van der Waals surface area contributed by atoms with E-state index in [4.69, 9.17) is 9.84 Å². The molecule has 2 heterocycles. The van der Waals surface area contributed by atoms with Crippen molar-refractivity contribution in [2.24, 2.45) is 0 Å². The minimum Gasteiger partial charge on any atom is -0.497 e. The number of amides is 1.